The zero-order valence-corrected chi connectivity index (χ0v) is 7.15. The minimum Gasteiger partial charge on any atom is -0.119 e. The third-order valence-electron chi connectivity index (χ3n) is 1.23. The van der Waals surface area contributed by atoms with Gasteiger partial charge >= 0.3 is 0 Å². The Hall–Kier alpha value is -0.640. The van der Waals surface area contributed by atoms with Crippen molar-refractivity contribution in [2.45, 2.75) is 0 Å². The summed E-state index contributed by atoms with van der Waals surface area (Å²) in [5.74, 6) is 2.37. The molecule has 1 aromatic carbocycles. The van der Waals surface area contributed by atoms with Gasteiger partial charge < -0.3 is 0 Å². The molecule has 0 aliphatic rings. The first-order chi connectivity index (χ1) is 5.25. The van der Waals surface area contributed by atoms with E-state index in [2.05, 4.69) is 5.92 Å². The van der Waals surface area contributed by atoms with E-state index in [-0.39, 0.29) is 0 Å². The highest BCUT2D eigenvalue weighted by molar-refractivity contribution is 6.36. The number of hydrogen-bond donors (Lipinski definition) is 0. The molecule has 0 amide bonds. The van der Waals surface area contributed by atoms with E-state index < -0.39 is 0 Å². The summed E-state index contributed by atoms with van der Waals surface area (Å²) in [5.41, 5.74) is 0.707. The predicted molar refractivity (Wildman–Crippen MR) is 48.7 cm³/mol. The van der Waals surface area contributed by atoms with Crippen LogP contribution in [-0.4, -0.2) is 0 Å². The van der Waals surface area contributed by atoms with Gasteiger partial charge in [0.1, 0.15) is 0 Å². The van der Waals surface area contributed by atoms with Crippen LogP contribution in [-0.2, 0) is 0 Å². The average molecular weight is 184 g/mol. The summed E-state index contributed by atoms with van der Waals surface area (Å²) in [6.45, 7) is 0. The maximum atomic E-state index is 5.80. The second-order valence-electron chi connectivity index (χ2n) is 1.95. The highest BCUT2D eigenvalue weighted by atomic mass is 35.5. The van der Waals surface area contributed by atoms with Crippen LogP contribution < -0.4 is 0 Å². The van der Waals surface area contributed by atoms with Crippen molar-refractivity contribution < 1.29 is 0 Å². The van der Waals surface area contributed by atoms with Gasteiger partial charge in [0.25, 0.3) is 0 Å². The van der Waals surface area contributed by atoms with E-state index in [0.29, 0.717) is 15.6 Å². The molecule has 1 radical (unpaired) electrons. The molecule has 0 fully saturated rings. The van der Waals surface area contributed by atoms with Gasteiger partial charge in [-0.1, -0.05) is 35.2 Å². The maximum Gasteiger partial charge on any atom is 0.0658 e. The molecular formula is C9H5Cl2. The molecule has 0 saturated heterocycles. The lowest BCUT2D eigenvalue weighted by atomic mass is 10.1. The Morgan fingerprint density at radius 2 is 1.82 bits per heavy atom. The molecule has 0 spiro atoms. The molecule has 55 valence electrons. The molecule has 0 aliphatic carbocycles. The molecule has 11 heavy (non-hydrogen) atoms. The number of benzene rings is 1. The normalized spacial score (nSPS) is 9.18. The Kier molecular flexibility index (Phi) is 2.82. The van der Waals surface area contributed by atoms with Crippen LogP contribution in [0.15, 0.2) is 18.2 Å². The largest absolute Gasteiger partial charge is 0.119 e. The van der Waals surface area contributed by atoms with E-state index >= 15 is 0 Å². The lowest BCUT2D eigenvalue weighted by Crippen LogP contribution is -1.81. The van der Waals surface area contributed by atoms with E-state index in [1.54, 1.807) is 24.6 Å². The van der Waals surface area contributed by atoms with Crippen LogP contribution in [0.25, 0.3) is 0 Å². The van der Waals surface area contributed by atoms with Crippen LogP contribution in [0, 0.1) is 18.8 Å². The summed E-state index contributed by atoms with van der Waals surface area (Å²) in [6.07, 6.45) is 6.62. The lowest BCUT2D eigenvalue weighted by Gasteiger charge is -2.00. The highest BCUT2D eigenvalue weighted by Crippen LogP contribution is 2.24. The first kappa shape index (κ1) is 8.46. The van der Waals surface area contributed by atoms with Gasteiger partial charge in [-0.3, -0.25) is 0 Å². The summed E-state index contributed by atoms with van der Waals surface area (Å²) < 4.78 is 0. The summed E-state index contributed by atoms with van der Waals surface area (Å²) in [7, 11) is 0. The van der Waals surface area contributed by atoms with Crippen LogP contribution in [0.2, 0.25) is 10.0 Å². The quantitative estimate of drug-likeness (QED) is 0.588. The Morgan fingerprint density at radius 1 is 1.27 bits per heavy atom. The molecule has 0 unspecified atom stereocenters. The fourth-order valence-corrected chi connectivity index (χ4v) is 1.24. The molecule has 0 heterocycles. The van der Waals surface area contributed by atoms with Gasteiger partial charge in [-0.15, -0.1) is 6.42 Å². The van der Waals surface area contributed by atoms with Crippen molar-refractivity contribution in [2.75, 3.05) is 0 Å². The molecule has 1 rings (SSSR count). The van der Waals surface area contributed by atoms with Crippen molar-refractivity contribution in [1.82, 2.24) is 0 Å². The standard InChI is InChI=1S/C9H5Cl2/c1-2-4-7-8(10)5-3-6-9(7)11/h1,3-6H. The van der Waals surface area contributed by atoms with Crippen LogP contribution in [0.1, 0.15) is 5.56 Å². The molecule has 0 N–H and O–H groups in total. The monoisotopic (exact) mass is 183 g/mol. The van der Waals surface area contributed by atoms with Crippen LogP contribution in [0.3, 0.4) is 0 Å². The SMILES string of the molecule is C#C[CH]c1c(Cl)cccc1Cl. The third kappa shape index (κ3) is 1.89. The van der Waals surface area contributed by atoms with Gasteiger partial charge in [0.15, 0.2) is 0 Å². The molecular weight excluding hydrogens is 179 g/mol. The second-order valence-corrected chi connectivity index (χ2v) is 2.76. The fourth-order valence-electron chi connectivity index (χ4n) is 0.732. The zero-order valence-electron chi connectivity index (χ0n) is 5.64. The topological polar surface area (TPSA) is 0 Å². The molecule has 0 atom stereocenters. The van der Waals surface area contributed by atoms with Gasteiger partial charge in [-0.25, -0.2) is 0 Å². The summed E-state index contributed by atoms with van der Waals surface area (Å²) >= 11 is 11.6. The summed E-state index contributed by atoms with van der Waals surface area (Å²) in [6, 6.07) is 5.27. The second kappa shape index (κ2) is 3.67. The molecule has 0 aromatic heterocycles. The van der Waals surface area contributed by atoms with Crippen molar-refractivity contribution in [2.24, 2.45) is 0 Å². The summed E-state index contributed by atoms with van der Waals surface area (Å²) in [4.78, 5) is 0. The predicted octanol–water partition coefficient (Wildman–Crippen LogP) is 3.18. The Morgan fingerprint density at radius 3 is 2.27 bits per heavy atom. The lowest BCUT2D eigenvalue weighted by molar-refractivity contribution is 1.55. The first-order valence-electron chi connectivity index (χ1n) is 2.99. The van der Waals surface area contributed by atoms with Crippen LogP contribution in [0.5, 0.6) is 0 Å². The molecule has 2 heteroatoms. The maximum absolute atomic E-state index is 5.80. The van der Waals surface area contributed by atoms with E-state index in [0.717, 1.165) is 0 Å². The zero-order chi connectivity index (χ0) is 8.27. The molecule has 0 saturated carbocycles. The molecule has 0 nitrogen and oxygen atoms in total. The van der Waals surface area contributed by atoms with E-state index in [1.165, 1.54) is 0 Å². The number of rotatable bonds is 1. The van der Waals surface area contributed by atoms with Crippen molar-refractivity contribution >= 4 is 23.2 Å². The van der Waals surface area contributed by atoms with Crippen molar-refractivity contribution in [3.05, 3.63) is 40.2 Å². The Labute approximate surface area is 76.1 Å². The molecule has 1 aromatic rings. The van der Waals surface area contributed by atoms with Gasteiger partial charge in [-0.2, -0.15) is 0 Å². The van der Waals surface area contributed by atoms with Crippen molar-refractivity contribution in [3.63, 3.8) is 0 Å². The minimum atomic E-state index is 0.579. The molecule has 0 aliphatic heterocycles. The number of halogens is 2. The van der Waals surface area contributed by atoms with Gasteiger partial charge in [0.2, 0.25) is 0 Å². The smallest absolute Gasteiger partial charge is 0.0658 e. The van der Waals surface area contributed by atoms with Gasteiger partial charge in [-0.05, 0) is 12.1 Å². The van der Waals surface area contributed by atoms with Crippen molar-refractivity contribution in [3.8, 4) is 12.3 Å². The Balaban J connectivity index is 3.12. The Bertz CT molecular complexity index is 277. The van der Waals surface area contributed by atoms with E-state index in [9.17, 15) is 0 Å². The third-order valence-corrected chi connectivity index (χ3v) is 1.89. The van der Waals surface area contributed by atoms with E-state index in [1.807, 2.05) is 0 Å². The van der Waals surface area contributed by atoms with Gasteiger partial charge in [0, 0.05) is 15.6 Å². The molecule has 0 bridgehead atoms. The van der Waals surface area contributed by atoms with Gasteiger partial charge in [0.05, 0.1) is 6.42 Å². The van der Waals surface area contributed by atoms with Crippen LogP contribution in [0.4, 0.5) is 0 Å². The van der Waals surface area contributed by atoms with E-state index in [4.69, 9.17) is 29.6 Å². The minimum absolute atomic E-state index is 0.579. The first-order valence-corrected chi connectivity index (χ1v) is 3.74. The number of hydrogen-bond acceptors (Lipinski definition) is 0. The summed E-state index contributed by atoms with van der Waals surface area (Å²) in [5, 5.41) is 1.16. The number of terminal acetylenes is 1. The highest BCUT2D eigenvalue weighted by Gasteiger charge is 2.02. The fraction of sp³-hybridized carbons (Fsp3) is 0. The van der Waals surface area contributed by atoms with Crippen molar-refractivity contribution in [1.29, 1.82) is 0 Å². The van der Waals surface area contributed by atoms with Crippen LogP contribution >= 0.6 is 23.2 Å². The average Bonchev–Trinajstić information content (AvgIpc) is 1.97.